The maximum Gasteiger partial charge on any atom is 0.337 e. The third-order valence-corrected chi connectivity index (χ3v) is 3.25. The quantitative estimate of drug-likeness (QED) is 0.791. The lowest BCUT2D eigenvalue weighted by Crippen LogP contribution is -2.28. The molecule has 108 valence electrons. The predicted octanol–water partition coefficient (Wildman–Crippen LogP) is 3.47. The van der Waals surface area contributed by atoms with Gasteiger partial charge in [0.1, 0.15) is 0 Å². The van der Waals surface area contributed by atoms with Crippen molar-refractivity contribution in [2.45, 2.75) is 6.54 Å². The summed E-state index contributed by atoms with van der Waals surface area (Å²) in [5.74, 6) is -1.10. The summed E-state index contributed by atoms with van der Waals surface area (Å²) in [5, 5.41) is 14.3. The summed E-state index contributed by atoms with van der Waals surface area (Å²) in [7, 11) is 0. The van der Waals surface area contributed by atoms with Crippen LogP contribution < -0.4 is 10.6 Å². The number of carbonyl (C=O) groups is 2. The van der Waals surface area contributed by atoms with Crippen LogP contribution in [0.15, 0.2) is 53.0 Å². The first kappa shape index (κ1) is 15.1. The van der Waals surface area contributed by atoms with Crippen molar-refractivity contribution in [2.75, 3.05) is 5.32 Å². The molecule has 0 radical (unpaired) electrons. The Morgan fingerprint density at radius 3 is 2.48 bits per heavy atom. The molecule has 2 aromatic rings. The van der Waals surface area contributed by atoms with E-state index in [0.29, 0.717) is 11.0 Å². The number of anilines is 1. The van der Waals surface area contributed by atoms with Crippen molar-refractivity contribution in [1.82, 2.24) is 5.32 Å². The average molecular weight is 349 g/mol. The molecule has 2 aromatic carbocycles. The van der Waals surface area contributed by atoms with Gasteiger partial charge in [-0.2, -0.15) is 0 Å². The van der Waals surface area contributed by atoms with Gasteiger partial charge in [-0.05, 0) is 23.8 Å². The van der Waals surface area contributed by atoms with Gasteiger partial charge in [0.25, 0.3) is 0 Å². The van der Waals surface area contributed by atoms with E-state index >= 15 is 0 Å². The van der Waals surface area contributed by atoms with Crippen LogP contribution in [0, 0.1) is 0 Å². The molecule has 0 aliphatic carbocycles. The van der Waals surface area contributed by atoms with Crippen molar-refractivity contribution >= 4 is 33.6 Å². The van der Waals surface area contributed by atoms with Crippen LogP contribution in [0.3, 0.4) is 0 Å². The van der Waals surface area contributed by atoms with E-state index in [-0.39, 0.29) is 11.3 Å². The maximum atomic E-state index is 11.8. The number of benzene rings is 2. The van der Waals surface area contributed by atoms with Crippen LogP contribution in [-0.4, -0.2) is 17.1 Å². The molecule has 0 aliphatic rings. The van der Waals surface area contributed by atoms with Gasteiger partial charge in [0, 0.05) is 11.0 Å². The molecule has 0 heterocycles. The summed E-state index contributed by atoms with van der Waals surface area (Å²) >= 11 is 3.20. The van der Waals surface area contributed by atoms with Gasteiger partial charge in [0.05, 0.1) is 11.3 Å². The smallest absolute Gasteiger partial charge is 0.337 e. The van der Waals surface area contributed by atoms with Crippen LogP contribution in [0.25, 0.3) is 0 Å². The van der Waals surface area contributed by atoms with E-state index in [1.165, 1.54) is 12.1 Å². The van der Waals surface area contributed by atoms with E-state index < -0.39 is 12.0 Å². The number of hydrogen-bond donors (Lipinski definition) is 3. The number of rotatable bonds is 4. The highest BCUT2D eigenvalue weighted by Crippen LogP contribution is 2.21. The Balaban J connectivity index is 2.01. The summed E-state index contributed by atoms with van der Waals surface area (Å²) in [6, 6.07) is 13.6. The molecule has 0 bridgehead atoms. The second-order valence-electron chi connectivity index (χ2n) is 4.29. The van der Waals surface area contributed by atoms with Crippen LogP contribution in [-0.2, 0) is 6.54 Å². The van der Waals surface area contributed by atoms with Crippen LogP contribution in [0.1, 0.15) is 15.9 Å². The van der Waals surface area contributed by atoms with Gasteiger partial charge in [-0.25, -0.2) is 9.59 Å². The molecule has 0 aromatic heterocycles. The molecular formula is C15H13BrN2O3. The lowest BCUT2D eigenvalue weighted by molar-refractivity contribution is 0.0698. The molecule has 2 rings (SSSR count). The number of carboxylic acids is 1. The molecule has 0 atom stereocenters. The topological polar surface area (TPSA) is 78.4 Å². The van der Waals surface area contributed by atoms with E-state index in [9.17, 15) is 9.59 Å². The van der Waals surface area contributed by atoms with E-state index in [0.717, 1.165) is 5.56 Å². The second-order valence-corrected chi connectivity index (χ2v) is 5.20. The summed E-state index contributed by atoms with van der Waals surface area (Å²) in [6.07, 6.45) is 0. The molecule has 0 unspecified atom stereocenters. The van der Waals surface area contributed by atoms with Crippen LogP contribution in [0.2, 0.25) is 0 Å². The molecule has 5 nitrogen and oxygen atoms in total. The van der Waals surface area contributed by atoms with Crippen molar-refractivity contribution < 1.29 is 14.7 Å². The number of urea groups is 1. The highest BCUT2D eigenvalue weighted by molar-refractivity contribution is 9.10. The van der Waals surface area contributed by atoms with Gasteiger partial charge < -0.3 is 15.7 Å². The molecule has 0 aliphatic heterocycles. The molecular weight excluding hydrogens is 336 g/mol. The van der Waals surface area contributed by atoms with Crippen molar-refractivity contribution in [3.8, 4) is 0 Å². The summed E-state index contributed by atoms with van der Waals surface area (Å²) in [6.45, 7) is 0.367. The van der Waals surface area contributed by atoms with E-state index in [1.807, 2.05) is 30.3 Å². The Labute approximate surface area is 130 Å². The minimum absolute atomic E-state index is 0.0271. The lowest BCUT2D eigenvalue weighted by atomic mass is 10.2. The fourth-order valence-electron chi connectivity index (χ4n) is 1.75. The highest BCUT2D eigenvalue weighted by atomic mass is 79.9. The minimum atomic E-state index is -1.10. The Bertz CT molecular complexity index is 659. The van der Waals surface area contributed by atoms with Gasteiger partial charge in [0.2, 0.25) is 0 Å². The van der Waals surface area contributed by atoms with Gasteiger partial charge in [0.15, 0.2) is 0 Å². The third kappa shape index (κ3) is 4.32. The average Bonchev–Trinajstić information content (AvgIpc) is 2.48. The van der Waals surface area contributed by atoms with E-state index in [1.54, 1.807) is 6.07 Å². The number of halogens is 1. The molecule has 6 heteroatoms. The molecule has 0 saturated carbocycles. The number of carboxylic acid groups (broad SMARTS) is 1. The van der Waals surface area contributed by atoms with E-state index in [2.05, 4.69) is 26.6 Å². The maximum absolute atomic E-state index is 11.8. The van der Waals surface area contributed by atoms with Crippen molar-refractivity contribution in [2.24, 2.45) is 0 Å². The zero-order chi connectivity index (χ0) is 15.2. The molecule has 2 amide bonds. The number of amides is 2. The number of aromatic carboxylic acids is 1. The zero-order valence-electron chi connectivity index (χ0n) is 11.0. The first-order chi connectivity index (χ1) is 10.1. The van der Waals surface area contributed by atoms with Crippen molar-refractivity contribution in [3.63, 3.8) is 0 Å². The van der Waals surface area contributed by atoms with Crippen molar-refractivity contribution in [1.29, 1.82) is 0 Å². The fourth-order valence-corrected chi connectivity index (χ4v) is 2.11. The summed E-state index contributed by atoms with van der Waals surface area (Å²) in [5.41, 5.74) is 1.23. The SMILES string of the molecule is O=C(NCc1ccccc1)Nc1ccc(Br)cc1C(=O)O. The predicted molar refractivity (Wildman–Crippen MR) is 83.4 cm³/mol. The van der Waals surface area contributed by atoms with Crippen LogP contribution >= 0.6 is 15.9 Å². The Morgan fingerprint density at radius 1 is 1.10 bits per heavy atom. The largest absolute Gasteiger partial charge is 0.478 e. The highest BCUT2D eigenvalue weighted by Gasteiger charge is 2.12. The Hall–Kier alpha value is -2.34. The second kappa shape index (κ2) is 6.90. The fraction of sp³-hybridized carbons (Fsp3) is 0.0667. The number of nitrogens with one attached hydrogen (secondary N) is 2. The van der Waals surface area contributed by atoms with Gasteiger partial charge in [-0.15, -0.1) is 0 Å². The number of hydrogen-bond acceptors (Lipinski definition) is 2. The zero-order valence-corrected chi connectivity index (χ0v) is 12.6. The van der Waals surface area contributed by atoms with E-state index in [4.69, 9.17) is 5.11 Å². The molecule has 0 spiro atoms. The first-order valence-electron chi connectivity index (χ1n) is 6.18. The normalized spacial score (nSPS) is 9.95. The third-order valence-electron chi connectivity index (χ3n) is 2.76. The lowest BCUT2D eigenvalue weighted by Gasteiger charge is -2.10. The minimum Gasteiger partial charge on any atom is -0.478 e. The Kier molecular flexibility index (Phi) is 4.94. The van der Waals surface area contributed by atoms with Crippen LogP contribution in [0.5, 0.6) is 0 Å². The summed E-state index contributed by atoms with van der Waals surface area (Å²) in [4.78, 5) is 23.0. The summed E-state index contributed by atoms with van der Waals surface area (Å²) < 4.78 is 0.634. The van der Waals surface area contributed by atoms with Gasteiger partial charge in [-0.3, -0.25) is 0 Å². The Morgan fingerprint density at radius 2 is 1.81 bits per heavy atom. The monoisotopic (exact) mass is 348 g/mol. The molecule has 3 N–H and O–H groups in total. The van der Waals surface area contributed by atoms with Crippen molar-refractivity contribution in [3.05, 3.63) is 64.1 Å². The standard InChI is InChI=1S/C15H13BrN2O3/c16-11-6-7-13(12(8-11)14(19)20)18-15(21)17-9-10-4-2-1-3-5-10/h1-8H,9H2,(H,19,20)(H2,17,18,21). The molecule has 0 saturated heterocycles. The molecule has 21 heavy (non-hydrogen) atoms. The first-order valence-corrected chi connectivity index (χ1v) is 6.97. The van der Waals surface area contributed by atoms with Gasteiger partial charge in [-0.1, -0.05) is 46.3 Å². The van der Waals surface area contributed by atoms with Crippen LogP contribution in [0.4, 0.5) is 10.5 Å². The van der Waals surface area contributed by atoms with Gasteiger partial charge >= 0.3 is 12.0 Å². The number of carbonyl (C=O) groups excluding carboxylic acids is 1. The molecule has 0 fully saturated rings.